The van der Waals surface area contributed by atoms with Gasteiger partial charge in [0.15, 0.2) is 0 Å². The fraction of sp³-hybridized carbons (Fsp3) is 1.00. The van der Waals surface area contributed by atoms with E-state index in [4.69, 9.17) is 0 Å². The van der Waals surface area contributed by atoms with Crippen LogP contribution in [0.25, 0.3) is 0 Å². The Bertz CT molecular complexity index is 3460. The largest absolute Gasteiger partial charge is 0.298 e. The van der Waals surface area contributed by atoms with E-state index in [1.807, 2.05) is 0 Å². The third-order valence-electron chi connectivity index (χ3n) is 38.1. The standard InChI is InChI=1S/C12H23N.C11H19F2N.C11H20FN.2C11H21N.C10H18FN.3C10H19N.2C9H17N.6CH4/c1-11(2,3)13-9-8-12(10-13)6-4-5-7-12;1-9(2,3)14-6-4-10(5-7-14)8-11(10,12)13;1-9(2,3)13-7-11(8-13)5-10(4,12)6-11;1-11(2,3)12-8-9-4-6-10(12)7-5-9;1-10(2,3)12-8-6-11(4-5-11)7-9-12;1-9(2,3)12-5-7-8(6-12)10(7,4)11;1-10(2,3)11-7-8-4-5-9(11)6-8;1-9(2,3)11-7-6-10(8-11)4-5-10;1-10(2,3)11-8-4-5-9(11)7-6-8;1-9(2,3)10-5-7-4-8(7)6-10;1-9(2,3)10-6-7-4-8(10)5-7;;;;;;/h4-10H2,1-3H3;4-8H2,1-3H3;5-8H2,1-4H3;9-10H,4-8H2,1-3H3;4-9H2,1-3H3;7-8H,5-6H2,1-4H3;8-9H,4-7H2,1-3H3;4-8H2,1-3H3;8-9H,4-7H2,1-3H3;2*7-8H,4-6H2,1-3H3;6*1H4. The van der Waals surface area contributed by atoms with Crippen molar-refractivity contribution < 1.29 is 17.6 Å². The molecule has 14 heterocycles. The van der Waals surface area contributed by atoms with Gasteiger partial charge >= 0.3 is 0 Å². The number of rotatable bonds is 0. The Morgan fingerprint density at radius 1 is 0.237 bits per heavy atom. The summed E-state index contributed by atoms with van der Waals surface area (Å²) >= 11 is 0. The molecule has 8 bridgehead atoms. The van der Waals surface area contributed by atoms with E-state index in [0.717, 1.165) is 128 Å². The van der Waals surface area contributed by atoms with Gasteiger partial charge in [-0.1, -0.05) is 57.4 Å². The highest BCUT2D eigenvalue weighted by molar-refractivity contribution is 5.18. The van der Waals surface area contributed by atoms with Crippen molar-refractivity contribution in [1.82, 2.24) is 53.9 Å². The van der Waals surface area contributed by atoms with E-state index in [1.54, 1.807) is 13.8 Å². The molecule has 0 amide bonds. The second-order valence-corrected chi connectivity index (χ2v) is 59.9. The fourth-order valence-corrected chi connectivity index (χ4v) is 28.3. The van der Waals surface area contributed by atoms with Crippen LogP contribution in [0.3, 0.4) is 0 Å². The van der Waals surface area contributed by atoms with E-state index < -0.39 is 22.7 Å². The predicted octanol–water partition coefficient (Wildman–Crippen LogP) is 30.3. The number of nitrogens with zero attached hydrogens (tertiary/aromatic N) is 11. The van der Waals surface area contributed by atoms with Crippen molar-refractivity contribution in [1.29, 1.82) is 0 Å². The van der Waals surface area contributed by atoms with Crippen LogP contribution in [-0.4, -0.2) is 274 Å². The van der Waals surface area contributed by atoms with Crippen molar-refractivity contribution in [2.45, 2.75) is 594 Å². The molecule has 6 unspecified atom stereocenters. The first-order valence-electron chi connectivity index (χ1n) is 54.9. The molecule has 5 spiro atoms. The number of halogens is 4. The van der Waals surface area contributed by atoms with E-state index in [-0.39, 0.29) is 67.6 Å². The zero-order valence-corrected chi connectivity index (χ0v) is 91.8. The molecule has 14 saturated heterocycles. The molecule has 10 saturated carbocycles. The van der Waals surface area contributed by atoms with Crippen LogP contribution in [-0.2, 0) is 0 Å². The molecule has 10 aliphatic carbocycles. The first kappa shape index (κ1) is 123. The SMILES string of the molecule is C.C.C.C.C.C.CC(C)(C)N1C2CCC1CC2.CC(C)(C)N1CC2CC1C2.CC(C)(C)N1CC2CC2C1.CC(C)(C)N1CC2CCC1C2.CC(C)(C)N1CC2CCC1CC2.CC(C)(C)N1CCC2(CC1)CC2.CC(C)(C)N1CCC2(CC1)CC2(F)F.CC(C)(C)N1CCC2(CC2)C1.CC(C)(C)N1CCC2(CCCC2)C1.CC1(F)C2CN(C(C)(C)C)CC21.CC1(F)CC2(CN(C(C)(C)C)C2)C1. The second kappa shape index (κ2) is 44.0. The Balaban J connectivity index is 0.000000227. The van der Waals surface area contributed by atoms with Gasteiger partial charge in [-0.3, -0.25) is 53.9 Å². The number of alkyl halides is 4. The van der Waals surface area contributed by atoms with E-state index in [9.17, 15) is 17.6 Å². The molecule has 0 aromatic carbocycles. The molecule has 24 fully saturated rings. The summed E-state index contributed by atoms with van der Waals surface area (Å²) in [6.45, 7) is 100. The van der Waals surface area contributed by atoms with Gasteiger partial charge in [0, 0.05) is 192 Å². The first-order valence-corrected chi connectivity index (χ1v) is 54.9. The van der Waals surface area contributed by atoms with Crippen LogP contribution in [0.2, 0.25) is 0 Å². The summed E-state index contributed by atoms with van der Waals surface area (Å²) in [6.07, 6.45) is 41.6. The second-order valence-electron chi connectivity index (χ2n) is 59.9. The summed E-state index contributed by atoms with van der Waals surface area (Å²) in [5.74, 6) is 3.60. The van der Waals surface area contributed by atoms with Gasteiger partial charge in [0.25, 0.3) is 5.92 Å². The van der Waals surface area contributed by atoms with Crippen molar-refractivity contribution >= 4 is 0 Å². The normalized spacial score (nSPS) is 33.7. The van der Waals surface area contributed by atoms with Gasteiger partial charge in [-0.05, 0) is 507 Å². The number of piperidine rings is 7. The van der Waals surface area contributed by atoms with Crippen LogP contribution in [0.4, 0.5) is 17.6 Å². The summed E-state index contributed by atoms with van der Waals surface area (Å²) in [4.78, 5) is 28.6. The summed E-state index contributed by atoms with van der Waals surface area (Å²) in [5, 5.41) is 0. The average molecular weight is 1910 g/mol. The molecule has 135 heavy (non-hydrogen) atoms. The maximum absolute atomic E-state index is 13.4. The molecular formula is C120H237F4N11. The molecule has 0 aromatic heterocycles. The highest BCUT2D eigenvalue weighted by atomic mass is 19.3. The van der Waals surface area contributed by atoms with Gasteiger partial charge in [0.2, 0.25) is 0 Å². The minimum Gasteiger partial charge on any atom is -0.298 e. The predicted molar refractivity (Wildman–Crippen MR) is 583 cm³/mol. The van der Waals surface area contributed by atoms with Gasteiger partial charge in [-0.15, -0.1) is 0 Å². The summed E-state index contributed by atoms with van der Waals surface area (Å²) < 4.78 is 52.9. The smallest absolute Gasteiger partial charge is 0.254 e. The summed E-state index contributed by atoms with van der Waals surface area (Å²) in [7, 11) is 0. The van der Waals surface area contributed by atoms with Crippen LogP contribution < -0.4 is 0 Å². The van der Waals surface area contributed by atoms with E-state index in [0.29, 0.717) is 74.4 Å². The lowest BCUT2D eigenvalue weighted by Gasteiger charge is -2.63. The third kappa shape index (κ3) is 31.4. The fourth-order valence-electron chi connectivity index (χ4n) is 28.3. The molecule has 14 aliphatic heterocycles. The quantitative estimate of drug-likeness (QED) is 0.218. The van der Waals surface area contributed by atoms with Crippen molar-refractivity contribution in [3.63, 3.8) is 0 Å². The number of likely N-dealkylation sites (tertiary alicyclic amines) is 8. The van der Waals surface area contributed by atoms with Crippen LogP contribution >= 0.6 is 0 Å². The lowest BCUT2D eigenvalue weighted by Crippen LogP contribution is -2.69. The van der Waals surface area contributed by atoms with Gasteiger partial charge in [-0.25, -0.2) is 17.6 Å². The van der Waals surface area contributed by atoms with E-state index in [1.165, 1.54) is 239 Å². The first-order chi connectivity index (χ1) is 58.8. The van der Waals surface area contributed by atoms with Gasteiger partial charge in [0.05, 0.1) is 0 Å². The van der Waals surface area contributed by atoms with Crippen LogP contribution in [0, 0.1) is 68.5 Å². The van der Waals surface area contributed by atoms with Crippen molar-refractivity contribution in [3.8, 4) is 0 Å². The van der Waals surface area contributed by atoms with Gasteiger partial charge < -0.3 is 0 Å². The zero-order chi connectivity index (χ0) is 95.7. The Labute approximate surface area is 840 Å². The lowest BCUT2D eigenvalue weighted by molar-refractivity contribution is -0.169. The van der Waals surface area contributed by atoms with Crippen molar-refractivity contribution in [2.24, 2.45) is 68.5 Å². The minimum atomic E-state index is -2.35. The molecule has 800 valence electrons. The molecule has 24 rings (SSSR count). The average Bonchev–Trinajstić information content (AvgIpc) is 1.66. The molecule has 0 radical (unpaired) electrons. The Morgan fingerprint density at radius 3 is 0.793 bits per heavy atom. The molecule has 15 heteroatoms. The molecule has 11 nitrogen and oxygen atoms in total. The highest BCUT2D eigenvalue weighted by Crippen LogP contribution is 2.67. The highest BCUT2D eigenvalue weighted by Gasteiger charge is 2.71. The third-order valence-corrected chi connectivity index (χ3v) is 38.1. The van der Waals surface area contributed by atoms with Crippen molar-refractivity contribution in [2.75, 3.05) is 111 Å². The van der Waals surface area contributed by atoms with Gasteiger partial charge in [0.1, 0.15) is 11.3 Å². The number of fused-ring (bicyclic) bond motifs is 10. The number of hydrogen-bond donors (Lipinski definition) is 0. The molecule has 0 N–H and O–H groups in total. The van der Waals surface area contributed by atoms with Crippen LogP contribution in [0.1, 0.15) is 486 Å². The van der Waals surface area contributed by atoms with Crippen LogP contribution in [0.15, 0.2) is 0 Å². The zero-order valence-electron chi connectivity index (χ0n) is 91.8. The maximum atomic E-state index is 13.4. The molecule has 6 atom stereocenters. The Morgan fingerprint density at radius 2 is 0.533 bits per heavy atom. The maximum Gasteiger partial charge on any atom is 0.254 e. The van der Waals surface area contributed by atoms with E-state index in [2.05, 4.69) is 282 Å². The molecule has 24 aliphatic rings. The summed E-state index contributed by atoms with van der Waals surface area (Å²) in [5.41, 5.74) is 4.37. The monoisotopic (exact) mass is 1910 g/mol. The minimum absolute atomic E-state index is 0. The van der Waals surface area contributed by atoms with Crippen molar-refractivity contribution in [3.05, 3.63) is 0 Å². The summed E-state index contributed by atoms with van der Waals surface area (Å²) in [6, 6.07) is 4.65. The topological polar surface area (TPSA) is 35.6 Å². The molecular weight excluding hydrogens is 1670 g/mol. The lowest BCUT2D eigenvalue weighted by atomic mass is 9.56. The number of hydrogen-bond acceptors (Lipinski definition) is 11. The van der Waals surface area contributed by atoms with E-state index >= 15 is 0 Å². The Kier molecular flexibility index (Phi) is 40.1. The molecule has 0 aromatic rings. The Hall–Kier alpha value is -0.720. The van der Waals surface area contributed by atoms with Gasteiger partial charge in [-0.2, -0.15) is 0 Å². The van der Waals surface area contributed by atoms with Crippen LogP contribution in [0.5, 0.6) is 0 Å².